The number of nitrogens with one attached hydrogen (secondary N) is 2. The summed E-state index contributed by atoms with van der Waals surface area (Å²) in [6.45, 7) is 0. The van der Waals surface area contributed by atoms with E-state index in [0.29, 0.717) is 11.4 Å². The number of pyridine rings is 1. The van der Waals surface area contributed by atoms with E-state index in [0.717, 1.165) is 4.47 Å². The maximum Gasteiger partial charge on any atom is 0.272 e. The van der Waals surface area contributed by atoms with Crippen molar-refractivity contribution in [2.24, 2.45) is 0 Å². The van der Waals surface area contributed by atoms with Crippen LogP contribution in [0.3, 0.4) is 0 Å². The number of aromatic nitrogens is 2. The maximum absolute atomic E-state index is 11.6. The number of H-pyrrole nitrogens is 1. The molecule has 0 spiro atoms. The van der Waals surface area contributed by atoms with E-state index in [1.54, 1.807) is 36.8 Å². The Morgan fingerprint density at radius 3 is 3.00 bits per heavy atom. The Kier molecular flexibility index (Phi) is 2.82. The quantitative estimate of drug-likeness (QED) is 0.877. The second-order valence-corrected chi connectivity index (χ2v) is 3.75. The summed E-state index contributed by atoms with van der Waals surface area (Å²) < 4.78 is 0.755. The number of carbonyl (C=O) groups is 1. The summed E-state index contributed by atoms with van der Waals surface area (Å²) in [5.41, 5.74) is 1.23. The fourth-order valence-electron chi connectivity index (χ4n) is 1.14. The topological polar surface area (TPSA) is 57.8 Å². The SMILES string of the molecule is O=C(Nc1ccncc1Br)c1ccc[nH]1. The lowest BCUT2D eigenvalue weighted by molar-refractivity contribution is 0.102. The summed E-state index contributed by atoms with van der Waals surface area (Å²) in [5, 5.41) is 2.76. The molecule has 2 aromatic rings. The molecule has 0 fully saturated rings. The summed E-state index contributed by atoms with van der Waals surface area (Å²) in [5.74, 6) is -0.174. The van der Waals surface area contributed by atoms with Gasteiger partial charge < -0.3 is 10.3 Å². The molecule has 4 nitrogen and oxygen atoms in total. The fourth-order valence-corrected chi connectivity index (χ4v) is 1.49. The molecule has 0 radical (unpaired) electrons. The minimum absolute atomic E-state index is 0.174. The Balaban J connectivity index is 2.17. The van der Waals surface area contributed by atoms with Crippen molar-refractivity contribution in [3.63, 3.8) is 0 Å². The Labute approximate surface area is 94.9 Å². The lowest BCUT2D eigenvalue weighted by Gasteiger charge is -2.04. The first-order chi connectivity index (χ1) is 7.27. The molecule has 2 heterocycles. The first-order valence-corrected chi connectivity index (χ1v) is 5.11. The number of aromatic amines is 1. The zero-order valence-electron chi connectivity index (χ0n) is 7.70. The lowest BCUT2D eigenvalue weighted by atomic mass is 10.3. The van der Waals surface area contributed by atoms with Gasteiger partial charge in [0, 0.05) is 18.6 Å². The van der Waals surface area contributed by atoms with Gasteiger partial charge in [0.05, 0.1) is 10.2 Å². The highest BCUT2D eigenvalue weighted by Gasteiger charge is 2.07. The van der Waals surface area contributed by atoms with Gasteiger partial charge in [-0.05, 0) is 34.1 Å². The highest BCUT2D eigenvalue weighted by Crippen LogP contribution is 2.20. The van der Waals surface area contributed by atoms with Gasteiger partial charge in [-0.15, -0.1) is 0 Å². The highest BCUT2D eigenvalue weighted by molar-refractivity contribution is 9.10. The molecule has 1 amide bonds. The maximum atomic E-state index is 11.6. The minimum Gasteiger partial charge on any atom is -0.357 e. The molecule has 2 aromatic heterocycles. The Bertz CT molecular complexity index is 467. The van der Waals surface area contributed by atoms with Gasteiger partial charge in [0.25, 0.3) is 5.91 Å². The number of hydrogen-bond donors (Lipinski definition) is 2. The number of halogens is 1. The molecule has 76 valence electrons. The van der Waals surface area contributed by atoms with Gasteiger partial charge in [-0.3, -0.25) is 9.78 Å². The van der Waals surface area contributed by atoms with Crippen molar-refractivity contribution >= 4 is 27.5 Å². The molecule has 0 saturated carbocycles. The molecular weight excluding hydrogens is 258 g/mol. The van der Waals surface area contributed by atoms with Crippen molar-refractivity contribution < 1.29 is 4.79 Å². The fraction of sp³-hybridized carbons (Fsp3) is 0. The number of anilines is 1. The molecular formula is C10H8BrN3O. The highest BCUT2D eigenvalue weighted by atomic mass is 79.9. The van der Waals surface area contributed by atoms with Crippen molar-refractivity contribution in [3.8, 4) is 0 Å². The molecule has 15 heavy (non-hydrogen) atoms. The number of nitrogens with zero attached hydrogens (tertiary/aromatic N) is 1. The van der Waals surface area contributed by atoms with Gasteiger partial charge >= 0.3 is 0 Å². The van der Waals surface area contributed by atoms with Crippen molar-refractivity contribution in [3.05, 3.63) is 47.0 Å². The first-order valence-electron chi connectivity index (χ1n) is 4.31. The first kappa shape index (κ1) is 9.92. The van der Waals surface area contributed by atoms with Crippen LogP contribution in [0.4, 0.5) is 5.69 Å². The van der Waals surface area contributed by atoms with E-state index < -0.39 is 0 Å². The second-order valence-electron chi connectivity index (χ2n) is 2.89. The molecule has 0 atom stereocenters. The Hall–Kier alpha value is -1.62. The molecule has 0 aliphatic carbocycles. The third-order valence-electron chi connectivity index (χ3n) is 1.86. The number of amides is 1. The molecule has 5 heteroatoms. The van der Waals surface area contributed by atoms with Crippen molar-refractivity contribution in [2.75, 3.05) is 5.32 Å². The summed E-state index contributed by atoms with van der Waals surface area (Å²) in [6, 6.07) is 5.21. The smallest absolute Gasteiger partial charge is 0.272 e. The Morgan fingerprint density at radius 2 is 2.33 bits per heavy atom. The summed E-state index contributed by atoms with van der Waals surface area (Å²) >= 11 is 3.30. The summed E-state index contributed by atoms with van der Waals surface area (Å²) in [6.07, 6.45) is 4.95. The molecule has 0 aliphatic rings. The monoisotopic (exact) mass is 265 g/mol. The Morgan fingerprint density at radius 1 is 1.47 bits per heavy atom. The van der Waals surface area contributed by atoms with Crippen LogP contribution in [0.25, 0.3) is 0 Å². The molecule has 0 aliphatic heterocycles. The van der Waals surface area contributed by atoms with E-state index in [1.165, 1.54) is 0 Å². The average molecular weight is 266 g/mol. The minimum atomic E-state index is -0.174. The average Bonchev–Trinajstić information content (AvgIpc) is 2.74. The van der Waals surface area contributed by atoms with Crippen LogP contribution in [0.2, 0.25) is 0 Å². The molecule has 0 saturated heterocycles. The van der Waals surface area contributed by atoms with E-state index in [4.69, 9.17) is 0 Å². The zero-order valence-corrected chi connectivity index (χ0v) is 9.28. The molecule has 0 unspecified atom stereocenters. The van der Waals surface area contributed by atoms with Crippen molar-refractivity contribution in [1.29, 1.82) is 0 Å². The third-order valence-corrected chi connectivity index (χ3v) is 2.50. The van der Waals surface area contributed by atoms with Crippen LogP contribution in [-0.4, -0.2) is 15.9 Å². The van der Waals surface area contributed by atoms with E-state index in [-0.39, 0.29) is 5.91 Å². The third kappa shape index (κ3) is 2.24. The van der Waals surface area contributed by atoms with Gasteiger partial charge in [-0.25, -0.2) is 0 Å². The normalized spacial score (nSPS) is 9.93. The van der Waals surface area contributed by atoms with Gasteiger partial charge in [0.2, 0.25) is 0 Å². The van der Waals surface area contributed by atoms with Crippen LogP contribution >= 0.6 is 15.9 Å². The number of hydrogen-bond acceptors (Lipinski definition) is 2. The van der Waals surface area contributed by atoms with E-state index in [9.17, 15) is 4.79 Å². The molecule has 0 bridgehead atoms. The zero-order chi connectivity index (χ0) is 10.7. The van der Waals surface area contributed by atoms with Crippen LogP contribution in [0.1, 0.15) is 10.5 Å². The predicted molar refractivity (Wildman–Crippen MR) is 60.7 cm³/mol. The summed E-state index contributed by atoms with van der Waals surface area (Å²) in [7, 11) is 0. The van der Waals surface area contributed by atoms with Crippen LogP contribution in [0.15, 0.2) is 41.3 Å². The van der Waals surface area contributed by atoms with E-state index in [2.05, 4.69) is 31.2 Å². The van der Waals surface area contributed by atoms with Gasteiger partial charge in [-0.2, -0.15) is 0 Å². The lowest BCUT2D eigenvalue weighted by Crippen LogP contribution is -2.12. The van der Waals surface area contributed by atoms with Crippen LogP contribution in [0.5, 0.6) is 0 Å². The van der Waals surface area contributed by atoms with Gasteiger partial charge in [0.15, 0.2) is 0 Å². The number of rotatable bonds is 2. The van der Waals surface area contributed by atoms with Gasteiger partial charge in [0.1, 0.15) is 5.69 Å². The van der Waals surface area contributed by atoms with E-state index >= 15 is 0 Å². The number of carbonyl (C=O) groups excluding carboxylic acids is 1. The van der Waals surface area contributed by atoms with Crippen LogP contribution in [-0.2, 0) is 0 Å². The summed E-state index contributed by atoms with van der Waals surface area (Å²) in [4.78, 5) is 18.4. The second kappa shape index (κ2) is 4.27. The largest absolute Gasteiger partial charge is 0.357 e. The molecule has 2 N–H and O–H groups in total. The van der Waals surface area contributed by atoms with Gasteiger partial charge in [-0.1, -0.05) is 0 Å². The van der Waals surface area contributed by atoms with Crippen molar-refractivity contribution in [1.82, 2.24) is 9.97 Å². The molecule has 2 rings (SSSR count). The standard InChI is InChI=1S/C10H8BrN3O/c11-7-6-12-5-3-8(7)14-10(15)9-2-1-4-13-9/h1-6,13H,(H,12,14,15). The van der Waals surface area contributed by atoms with Crippen LogP contribution < -0.4 is 5.32 Å². The van der Waals surface area contributed by atoms with E-state index in [1.807, 2.05) is 0 Å². The predicted octanol–water partition coefficient (Wildman–Crippen LogP) is 2.42. The van der Waals surface area contributed by atoms with Crippen molar-refractivity contribution in [2.45, 2.75) is 0 Å². The molecule has 0 aromatic carbocycles. The van der Waals surface area contributed by atoms with Crippen LogP contribution in [0, 0.1) is 0 Å².